The SMILES string of the molecule is c1ccc(-c2nc(-c3ccccc3)nc(-c3ccc(-n4c5cc6ccccc6cc5c5cccc(-n6c7ccccc7c7ccccc76)c54)cc3)n2)cc1. The molecule has 0 aliphatic heterocycles. The summed E-state index contributed by atoms with van der Waals surface area (Å²) in [5.74, 6) is 1.93. The van der Waals surface area contributed by atoms with Gasteiger partial charge in [0.2, 0.25) is 0 Å². The average Bonchev–Trinajstić information content (AvgIpc) is 3.76. The third-order valence-corrected chi connectivity index (χ3v) is 10.5. The highest BCUT2D eigenvalue weighted by Gasteiger charge is 2.21. The molecule has 3 aromatic heterocycles. The van der Waals surface area contributed by atoms with Crippen LogP contribution in [0, 0.1) is 0 Å². The van der Waals surface area contributed by atoms with Crippen LogP contribution < -0.4 is 0 Å². The zero-order valence-electron chi connectivity index (χ0n) is 29.1. The largest absolute Gasteiger partial charge is 0.307 e. The molecule has 54 heavy (non-hydrogen) atoms. The molecule has 5 nitrogen and oxygen atoms in total. The Kier molecular flexibility index (Phi) is 6.79. The highest BCUT2D eigenvalue weighted by molar-refractivity contribution is 6.17. The number of fused-ring (bicyclic) bond motifs is 7. The number of para-hydroxylation sites is 3. The molecule has 0 bridgehead atoms. The molecule has 0 fully saturated rings. The van der Waals surface area contributed by atoms with Gasteiger partial charge in [0.05, 0.1) is 27.8 Å². The van der Waals surface area contributed by atoms with Gasteiger partial charge in [-0.15, -0.1) is 0 Å². The summed E-state index contributed by atoms with van der Waals surface area (Å²) in [5.41, 5.74) is 9.68. The van der Waals surface area contributed by atoms with Crippen molar-refractivity contribution in [1.82, 2.24) is 24.1 Å². The zero-order chi connectivity index (χ0) is 35.6. The standard InChI is InChI=1S/C49H31N5/c1-3-14-32(15-4-1)47-50-48(33-16-5-2-6-17-33)52-49(51-47)34-26-28-37(29-27-34)53-45-31-36-19-8-7-18-35(36)30-41(45)40-22-13-25-44(46(40)53)54-42-23-11-9-20-38(42)39-21-10-12-24-43(39)54/h1-31H. The van der Waals surface area contributed by atoms with Crippen LogP contribution in [0.25, 0.3) is 99.9 Å². The minimum Gasteiger partial charge on any atom is -0.307 e. The van der Waals surface area contributed by atoms with Crippen LogP contribution in [0.4, 0.5) is 0 Å². The number of nitrogens with zero attached hydrogens (tertiary/aromatic N) is 5. The van der Waals surface area contributed by atoms with Gasteiger partial charge < -0.3 is 9.13 Å². The van der Waals surface area contributed by atoms with Crippen LogP contribution in [0.15, 0.2) is 188 Å². The lowest BCUT2D eigenvalue weighted by Crippen LogP contribution is -2.02. The second-order valence-electron chi connectivity index (χ2n) is 13.7. The summed E-state index contributed by atoms with van der Waals surface area (Å²) in [4.78, 5) is 14.9. The van der Waals surface area contributed by atoms with E-state index in [1.165, 1.54) is 43.4 Å². The van der Waals surface area contributed by atoms with Crippen molar-refractivity contribution < 1.29 is 0 Å². The fourth-order valence-electron chi connectivity index (χ4n) is 8.06. The van der Waals surface area contributed by atoms with Gasteiger partial charge in [-0.2, -0.15) is 0 Å². The molecule has 0 atom stereocenters. The maximum Gasteiger partial charge on any atom is 0.164 e. The maximum absolute atomic E-state index is 5.00. The molecule has 0 aliphatic carbocycles. The molecule has 5 heteroatoms. The van der Waals surface area contributed by atoms with Gasteiger partial charge in [-0.25, -0.2) is 15.0 Å². The van der Waals surface area contributed by atoms with E-state index in [1.54, 1.807) is 0 Å². The third kappa shape index (κ3) is 4.76. The van der Waals surface area contributed by atoms with Crippen molar-refractivity contribution in [1.29, 1.82) is 0 Å². The van der Waals surface area contributed by atoms with E-state index in [9.17, 15) is 0 Å². The number of benzene rings is 8. The summed E-state index contributed by atoms with van der Waals surface area (Å²) in [5, 5.41) is 7.33. The quantitative estimate of drug-likeness (QED) is 0.181. The van der Waals surface area contributed by atoms with Crippen molar-refractivity contribution in [3.63, 3.8) is 0 Å². The third-order valence-electron chi connectivity index (χ3n) is 10.5. The summed E-state index contributed by atoms with van der Waals surface area (Å²) in [7, 11) is 0. The summed E-state index contributed by atoms with van der Waals surface area (Å²) in [6, 6.07) is 66.3. The monoisotopic (exact) mass is 689 g/mol. The van der Waals surface area contributed by atoms with Gasteiger partial charge in [0.1, 0.15) is 0 Å². The van der Waals surface area contributed by atoms with Crippen molar-refractivity contribution in [3.05, 3.63) is 188 Å². The molecule has 0 unspecified atom stereocenters. The summed E-state index contributed by atoms with van der Waals surface area (Å²) >= 11 is 0. The molecular weight excluding hydrogens is 659 g/mol. The molecule has 0 spiro atoms. The van der Waals surface area contributed by atoms with Crippen LogP contribution in [0.1, 0.15) is 0 Å². The molecule has 0 saturated heterocycles. The van der Waals surface area contributed by atoms with Crippen LogP contribution in [-0.2, 0) is 0 Å². The number of aromatic nitrogens is 5. The van der Waals surface area contributed by atoms with E-state index in [1.807, 2.05) is 60.7 Å². The normalized spacial score (nSPS) is 11.7. The fourth-order valence-corrected chi connectivity index (χ4v) is 8.06. The van der Waals surface area contributed by atoms with Gasteiger partial charge in [0, 0.05) is 43.9 Å². The maximum atomic E-state index is 5.00. The predicted molar refractivity (Wildman–Crippen MR) is 222 cm³/mol. The first-order chi connectivity index (χ1) is 26.8. The minimum absolute atomic E-state index is 0.633. The Bertz CT molecular complexity index is 3080. The summed E-state index contributed by atoms with van der Waals surface area (Å²) < 4.78 is 4.86. The fraction of sp³-hybridized carbons (Fsp3) is 0. The van der Waals surface area contributed by atoms with Crippen LogP contribution in [-0.4, -0.2) is 24.1 Å². The van der Waals surface area contributed by atoms with Gasteiger partial charge in [-0.05, 0) is 65.4 Å². The van der Waals surface area contributed by atoms with Gasteiger partial charge in [0.15, 0.2) is 17.5 Å². The van der Waals surface area contributed by atoms with Gasteiger partial charge in [0.25, 0.3) is 0 Å². The van der Waals surface area contributed by atoms with E-state index >= 15 is 0 Å². The highest BCUT2D eigenvalue weighted by atomic mass is 15.1. The number of hydrogen-bond acceptors (Lipinski definition) is 3. The Balaban J connectivity index is 1.16. The van der Waals surface area contributed by atoms with Crippen molar-refractivity contribution in [3.8, 4) is 45.5 Å². The highest BCUT2D eigenvalue weighted by Crippen LogP contribution is 2.41. The van der Waals surface area contributed by atoms with E-state index in [2.05, 4.69) is 137 Å². The Morgan fingerprint density at radius 1 is 0.315 bits per heavy atom. The number of hydrogen-bond donors (Lipinski definition) is 0. The van der Waals surface area contributed by atoms with Crippen LogP contribution in [0.2, 0.25) is 0 Å². The summed E-state index contributed by atoms with van der Waals surface area (Å²) in [6.45, 7) is 0. The Labute approximate surface area is 311 Å². The van der Waals surface area contributed by atoms with Crippen LogP contribution >= 0.6 is 0 Å². The molecular formula is C49H31N5. The molecule has 0 amide bonds. The van der Waals surface area contributed by atoms with Crippen molar-refractivity contribution in [2.24, 2.45) is 0 Å². The van der Waals surface area contributed by atoms with Crippen molar-refractivity contribution >= 4 is 54.4 Å². The molecule has 3 heterocycles. The molecule has 0 saturated carbocycles. The van der Waals surface area contributed by atoms with Crippen molar-refractivity contribution in [2.75, 3.05) is 0 Å². The lowest BCUT2D eigenvalue weighted by atomic mass is 10.1. The van der Waals surface area contributed by atoms with Gasteiger partial charge in [-0.1, -0.05) is 133 Å². The molecule has 11 rings (SSSR count). The first-order valence-electron chi connectivity index (χ1n) is 18.2. The zero-order valence-corrected chi connectivity index (χ0v) is 29.1. The second kappa shape index (κ2) is 12.1. The van der Waals surface area contributed by atoms with Gasteiger partial charge in [-0.3, -0.25) is 0 Å². The molecule has 0 N–H and O–H groups in total. The van der Waals surface area contributed by atoms with Crippen molar-refractivity contribution in [2.45, 2.75) is 0 Å². The lowest BCUT2D eigenvalue weighted by Gasteiger charge is -2.15. The Morgan fingerprint density at radius 2 is 0.796 bits per heavy atom. The van der Waals surface area contributed by atoms with E-state index < -0.39 is 0 Å². The van der Waals surface area contributed by atoms with Crippen LogP contribution in [0.5, 0.6) is 0 Å². The topological polar surface area (TPSA) is 48.5 Å². The Hall–Kier alpha value is -7.37. The average molecular weight is 690 g/mol. The summed E-state index contributed by atoms with van der Waals surface area (Å²) in [6.07, 6.45) is 0. The molecule has 8 aromatic carbocycles. The molecule has 0 radical (unpaired) electrons. The first-order valence-corrected chi connectivity index (χ1v) is 18.2. The van der Waals surface area contributed by atoms with Crippen LogP contribution in [0.3, 0.4) is 0 Å². The molecule has 252 valence electrons. The second-order valence-corrected chi connectivity index (χ2v) is 13.7. The van der Waals surface area contributed by atoms with E-state index in [-0.39, 0.29) is 0 Å². The predicted octanol–water partition coefficient (Wildman–Crippen LogP) is 12.2. The molecule has 11 aromatic rings. The first kappa shape index (κ1) is 30.3. The lowest BCUT2D eigenvalue weighted by molar-refractivity contribution is 1.07. The van der Waals surface area contributed by atoms with E-state index in [0.29, 0.717) is 17.5 Å². The van der Waals surface area contributed by atoms with Gasteiger partial charge >= 0.3 is 0 Å². The van der Waals surface area contributed by atoms with E-state index in [0.717, 1.165) is 39.1 Å². The minimum atomic E-state index is 0.633. The smallest absolute Gasteiger partial charge is 0.164 e. The van der Waals surface area contributed by atoms with E-state index in [4.69, 9.17) is 15.0 Å². The molecule has 0 aliphatic rings. The number of rotatable bonds is 5. The Morgan fingerprint density at radius 3 is 1.39 bits per heavy atom.